The van der Waals surface area contributed by atoms with E-state index in [2.05, 4.69) is 19.2 Å². The van der Waals surface area contributed by atoms with Crippen LogP contribution in [0.25, 0.3) is 0 Å². The topological polar surface area (TPSA) is 78.9 Å². The summed E-state index contributed by atoms with van der Waals surface area (Å²) in [6.07, 6.45) is 3.59. The van der Waals surface area contributed by atoms with Gasteiger partial charge in [-0.15, -0.1) is 0 Å². The van der Waals surface area contributed by atoms with Gasteiger partial charge >= 0.3 is 12.0 Å². The lowest BCUT2D eigenvalue weighted by atomic mass is 9.99. The Balaban J connectivity index is 2.35. The van der Waals surface area contributed by atoms with E-state index in [0.717, 1.165) is 19.3 Å². The molecule has 1 heterocycles. The summed E-state index contributed by atoms with van der Waals surface area (Å²) in [4.78, 5) is 24.4. The molecule has 2 amide bonds. The molecule has 20 heavy (non-hydrogen) atoms. The molecular weight excluding hydrogens is 260 g/mol. The highest BCUT2D eigenvalue weighted by Gasteiger charge is 2.28. The first-order chi connectivity index (χ1) is 9.58. The maximum Gasteiger partial charge on any atom is 0.334 e. The molecule has 2 unspecified atom stereocenters. The fraction of sp³-hybridized carbons (Fsp3) is 0.857. The summed E-state index contributed by atoms with van der Waals surface area (Å²) in [7, 11) is 0. The molecule has 0 bridgehead atoms. The highest BCUT2D eigenvalue weighted by molar-refractivity contribution is 5.77. The number of carboxylic acid groups (broad SMARTS) is 1. The van der Waals surface area contributed by atoms with Crippen molar-refractivity contribution in [3.8, 4) is 0 Å². The minimum absolute atomic E-state index is 0.118. The van der Waals surface area contributed by atoms with Crippen molar-refractivity contribution in [2.24, 2.45) is 5.92 Å². The van der Waals surface area contributed by atoms with Gasteiger partial charge in [-0.1, -0.05) is 33.1 Å². The molecule has 1 fully saturated rings. The second kappa shape index (κ2) is 8.79. The van der Waals surface area contributed by atoms with Crippen molar-refractivity contribution in [2.45, 2.75) is 45.6 Å². The Morgan fingerprint density at radius 2 is 2.20 bits per heavy atom. The predicted octanol–water partition coefficient (Wildman–Crippen LogP) is 1.70. The number of rotatable bonds is 7. The SMILES string of the molecule is CCCCC(CC)CNC(=O)N1CCOC(C(=O)O)C1. The third-order valence-corrected chi connectivity index (χ3v) is 3.71. The Hall–Kier alpha value is -1.30. The van der Waals surface area contributed by atoms with Crippen LogP contribution in [-0.4, -0.2) is 54.4 Å². The molecule has 0 aromatic rings. The van der Waals surface area contributed by atoms with Gasteiger partial charge in [0.15, 0.2) is 6.10 Å². The van der Waals surface area contributed by atoms with Crippen molar-refractivity contribution in [3.63, 3.8) is 0 Å². The first-order valence-electron chi connectivity index (χ1n) is 7.45. The first kappa shape index (κ1) is 16.8. The van der Waals surface area contributed by atoms with Crippen LogP contribution in [0.4, 0.5) is 4.79 Å². The molecular formula is C14H26N2O4. The zero-order chi connectivity index (χ0) is 15.0. The Morgan fingerprint density at radius 3 is 2.80 bits per heavy atom. The molecule has 0 radical (unpaired) electrons. The van der Waals surface area contributed by atoms with Gasteiger partial charge in [-0.2, -0.15) is 0 Å². The van der Waals surface area contributed by atoms with Crippen LogP contribution in [0.1, 0.15) is 39.5 Å². The number of hydrogen-bond donors (Lipinski definition) is 2. The smallest absolute Gasteiger partial charge is 0.334 e. The maximum atomic E-state index is 12.0. The maximum absolute atomic E-state index is 12.0. The van der Waals surface area contributed by atoms with E-state index in [9.17, 15) is 9.59 Å². The summed E-state index contributed by atoms with van der Waals surface area (Å²) in [6, 6.07) is -0.186. The lowest BCUT2D eigenvalue weighted by Crippen LogP contribution is -2.52. The van der Waals surface area contributed by atoms with E-state index in [4.69, 9.17) is 9.84 Å². The minimum Gasteiger partial charge on any atom is -0.479 e. The molecule has 0 aromatic carbocycles. The van der Waals surface area contributed by atoms with E-state index in [1.807, 2.05) is 0 Å². The van der Waals surface area contributed by atoms with Crippen molar-refractivity contribution >= 4 is 12.0 Å². The van der Waals surface area contributed by atoms with Crippen molar-refractivity contribution in [3.05, 3.63) is 0 Å². The molecule has 1 saturated heterocycles. The van der Waals surface area contributed by atoms with E-state index in [-0.39, 0.29) is 19.2 Å². The fourth-order valence-corrected chi connectivity index (χ4v) is 2.27. The number of urea groups is 1. The van der Waals surface area contributed by atoms with Gasteiger partial charge < -0.3 is 20.1 Å². The van der Waals surface area contributed by atoms with Crippen LogP contribution in [0.2, 0.25) is 0 Å². The van der Waals surface area contributed by atoms with E-state index in [1.165, 1.54) is 11.3 Å². The van der Waals surface area contributed by atoms with Crippen LogP contribution < -0.4 is 5.32 Å². The first-order valence-corrected chi connectivity index (χ1v) is 7.45. The molecule has 6 heteroatoms. The zero-order valence-electron chi connectivity index (χ0n) is 12.4. The van der Waals surface area contributed by atoms with Crippen LogP contribution in [0.15, 0.2) is 0 Å². The number of ether oxygens (including phenoxy) is 1. The van der Waals surface area contributed by atoms with Gasteiger partial charge in [0, 0.05) is 13.1 Å². The molecule has 1 aliphatic rings. The summed E-state index contributed by atoms with van der Waals surface area (Å²) in [5.41, 5.74) is 0. The Kier molecular flexibility index (Phi) is 7.36. The van der Waals surface area contributed by atoms with Gasteiger partial charge in [-0.05, 0) is 12.3 Å². The quantitative estimate of drug-likeness (QED) is 0.746. The van der Waals surface area contributed by atoms with Crippen molar-refractivity contribution in [1.82, 2.24) is 10.2 Å². The van der Waals surface area contributed by atoms with Gasteiger partial charge in [-0.25, -0.2) is 9.59 Å². The molecule has 2 atom stereocenters. The number of carbonyl (C=O) groups excluding carboxylic acids is 1. The van der Waals surface area contributed by atoms with E-state index < -0.39 is 12.1 Å². The number of hydrogen-bond acceptors (Lipinski definition) is 3. The average Bonchev–Trinajstić information content (AvgIpc) is 2.47. The minimum atomic E-state index is -1.02. The van der Waals surface area contributed by atoms with Crippen molar-refractivity contribution in [2.75, 3.05) is 26.2 Å². The van der Waals surface area contributed by atoms with Gasteiger partial charge in [0.05, 0.1) is 13.2 Å². The number of amides is 2. The Morgan fingerprint density at radius 1 is 1.45 bits per heavy atom. The summed E-state index contributed by atoms with van der Waals surface area (Å²) in [5, 5.41) is 11.8. The summed E-state index contributed by atoms with van der Waals surface area (Å²) in [5.74, 6) is -0.521. The van der Waals surface area contributed by atoms with Crippen LogP contribution in [0.3, 0.4) is 0 Å². The summed E-state index contributed by atoms with van der Waals surface area (Å²) < 4.78 is 5.10. The van der Waals surface area contributed by atoms with Gasteiger partial charge in [0.25, 0.3) is 0 Å². The standard InChI is InChI=1S/C14H26N2O4/c1-3-5-6-11(4-2)9-15-14(19)16-7-8-20-12(10-16)13(17)18/h11-12H,3-10H2,1-2H3,(H,15,19)(H,17,18). The van der Waals surface area contributed by atoms with Crippen LogP contribution in [0, 0.1) is 5.92 Å². The summed E-state index contributed by atoms with van der Waals surface area (Å²) >= 11 is 0. The predicted molar refractivity (Wildman–Crippen MR) is 75.7 cm³/mol. The number of unbranched alkanes of at least 4 members (excludes halogenated alkanes) is 1. The highest BCUT2D eigenvalue weighted by atomic mass is 16.5. The average molecular weight is 286 g/mol. The number of nitrogens with one attached hydrogen (secondary N) is 1. The largest absolute Gasteiger partial charge is 0.479 e. The number of morpholine rings is 1. The molecule has 2 N–H and O–H groups in total. The van der Waals surface area contributed by atoms with Gasteiger partial charge in [0.1, 0.15) is 0 Å². The monoisotopic (exact) mass is 286 g/mol. The normalized spacial score (nSPS) is 20.5. The van der Waals surface area contributed by atoms with Crippen LogP contribution >= 0.6 is 0 Å². The fourth-order valence-electron chi connectivity index (χ4n) is 2.27. The molecule has 1 aliphatic heterocycles. The van der Waals surface area contributed by atoms with Crippen LogP contribution in [-0.2, 0) is 9.53 Å². The highest BCUT2D eigenvalue weighted by Crippen LogP contribution is 2.12. The second-order valence-electron chi connectivity index (χ2n) is 5.25. The molecule has 6 nitrogen and oxygen atoms in total. The van der Waals surface area contributed by atoms with E-state index in [1.54, 1.807) is 0 Å². The molecule has 0 saturated carbocycles. The second-order valence-corrected chi connectivity index (χ2v) is 5.25. The third kappa shape index (κ3) is 5.36. The number of carboxylic acids is 1. The third-order valence-electron chi connectivity index (χ3n) is 3.71. The van der Waals surface area contributed by atoms with E-state index in [0.29, 0.717) is 19.0 Å². The van der Waals surface area contributed by atoms with Gasteiger partial charge in [0.2, 0.25) is 0 Å². The van der Waals surface area contributed by atoms with E-state index >= 15 is 0 Å². The van der Waals surface area contributed by atoms with Crippen LogP contribution in [0.5, 0.6) is 0 Å². The molecule has 0 spiro atoms. The summed E-state index contributed by atoms with van der Waals surface area (Å²) in [6.45, 7) is 5.78. The Labute approximate surface area is 120 Å². The molecule has 1 rings (SSSR count). The molecule has 0 aliphatic carbocycles. The Bertz CT molecular complexity index is 322. The lowest BCUT2D eigenvalue weighted by Gasteiger charge is -2.31. The van der Waals surface area contributed by atoms with Gasteiger partial charge in [-0.3, -0.25) is 0 Å². The number of nitrogens with zero attached hydrogens (tertiary/aromatic N) is 1. The molecule has 0 aromatic heterocycles. The zero-order valence-corrected chi connectivity index (χ0v) is 12.4. The van der Waals surface area contributed by atoms with Crippen molar-refractivity contribution < 1.29 is 19.4 Å². The molecule has 116 valence electrons. The van der Waals surface area contributed by atoms with Crippen molar-refractivity contribution in [1.29, 1.82) is 0 Å². The number of carbonyl (C=O) groups is 2. The number of aliphatic carboxylic acids is 1. The lowest BCUT2D eigenvalue weighted by molar-refractivity contribution is -0.154.